The Morgan fingerprint density at radius 2 is 1.95 bits per heavy atom. The second-order valence-corrected chi connectivity index (χ2v) is 6.49. The van der Waals surface area contributed by atoms with Gasteiger partial charge in [0, 0.05) is 13.0 Å². The minimum absolute atomic E-state index is 0. The summed E-state index contributed by atoms with van der Waals surface area (Å²) in [6.07, 6.45) is 8.10. The van der Waals surface area contributed by atoms with Gasteiger partial charge in [-0.2, -0.15) is 0 Å². The average molecular weight is 319 g/mol. The lowest BCUT2D eigenvalue weighted by atomic mass is 9.84. The minimum Gasteiger partial charge on any atom is -0.356 e. The first-order chi connectivity index (χ1) is 9.67. The maximum absolute atomic E-state index is 12.1. The highest BCUT2D eigenvalue weighted by atomic mass is 35.5. The third kappa shape index (κ3) is 8.67. The van der Waals surface area contributed by atoms with Crippen molar-refractivity contribution in [3.8, 4) is 0 Å². The molecule has 21 heavy (non-hydrogen) atoms. The molecule has 1 rings (SSSR count). The summed E-state index contributed by atoms with van der Waals surface area (Å²) in [6, 6.07) is 0. The van der Waals surface area contributed by atoms with Gasteiger partial charge in [0.1, 0.15) is 0 Å². The lowest BCUT2D eigenvalue weighted by Gasteiger charge is -2.28. The quantitative estimate of drug-likeness (QED) is 0.679. The van der Waals surface area contributed by atoms with Crippen LogP contribution in [0.1, 0.15) is 65.7 Å². The Labute approximate surface area is 137 Å². The standard InChI is InChI=1S/C17H34N2O.ClH/c1-4-6-7-15(5-2)13-19-17(20)12-14(3)16-8-10-18-11-9-16;/h14-16,18H,4-13H2,1-3H3,(H,19,20);1H. The first-order valence-corrected chi connectivity index (χ1v) is 8.64. The zero-order valence-corrected chi connectivity index (χ0v) is 14.9. The van der Waals surface area contributed by atoms with Crippen molar-refractivity contribution in [1.29, 1.82) is 0 Å². The van der Waals surface area contributed by atoms with E-state index in [4.69, 9.17) is 0 Å². The van der Waals surface area contributed by atoms with Crippen LogP contribution in [-0.4, -0.2) is 25.5 Å². The summed E-state index contributed by atoms with van der Waals surface area (Å²) in [4.78, 5) is 12.1. The summed E-state index contributed by atoms with van der Waals surface area (Å²) < 4.78 is 0. The number of unbranched alkanes of at least 4 members (excludes halogenated alkanes) is 1. The van der Waals surface area contributed by atoms with Gasteiger partial charge in [-0.1, -0.05) is 40.0 Å². The molecule has 0 radical (unpaired) electrons. The molecule has 0 spiro atoms. The number of nitrogens with one attached hydrogen (secondary N) is 2. The van der Waals surface area contributed by atoms with Crippen LogP contribution in [0.25, 0.3) is 0 Å². The lowest BCUT2D eigenvalue weighted by molar-refractivity contribution is -0.122. The van der Waals surface area contributed by atoms with Gasteiger partial charge in [-0.3, -0.25) is 4.79 Å². The van der Waals surface area contributed by atoms with E-state index in [0.29, 0.717) is 18.3 Å². The summed E-state index contributed by atoms with van der Waals surface area (Å²) >= 11 is 0. The van der Waals surface area contributed by atoms with Gasteiger partial charge < -0.3 is 10.6 Å². The average Bonchev–Trinajstić information content (AvgIpc) is 2.48. The van der Waals surface area contributed by atoms with Gasteiger partial charge in [0.25, 0.3) is 0 Å². The molecule has 0 saturated carbocycles. The van der Waals surface area contributed by atoms with Gasteiger partial charge in [-0.25, -0.2) is 0 Å². The van der Waals surface area contributed by atoms with Crippen LogP contribution >= 0.6 is 12.4 Å². The van der Waals surface area contributed by atoms with Crippen LogP contribution in [0.2, 0.25) is 0 Å². The second-order valence-electron chi connectivity index (χ2n) is 6.49. The smallest absolute Gasteiger partial charge is 0.220 e. The molecule has 1 aliphatic rings. The van der Waals surface area contributed by atoms with E-state index in [9.17, 15) is 4.79 Å². The van der Waals surface area contributed by atoms with Crippen molar-refractivity contribution < 1.29 is 4.79 Å². The fourth-order valence-electron chi connectivity index (χ4n) is 3.15. The van der Waals surface area contributed by atoms with E-state index in [1.54, 1.807) is 0 Å². The van der Waals surface area contributed by atoms with Gasteiger partial charge >= 0.3 is 0 Å². The number of amides is 1. The van der Waals surface area contributed by atoms with Crippen LogP contribution in [0, 0.1) is 17.8 Å². The molecule has 0 aromatic rings. The summed E-state index contributed by atoms with van der Waals surface area (Å²) in [5.41, 5.74) is 0. The Morgan fingerprint density at radius 1 is 1.29 bits per heavy atom. The molecular formula is C17H35ClN2O. The van der Waals surface area contributed by atoms with E-state index < -0.39 is 0 Å². The minimum atomic E-state index is 0. The first kappa shape index (κ1) is 20.7. The van der Waals surface area contributed by atoms with Crippen molar-refractivity contribution in [2.75, 3.05) is 19.6 Å². The Morgan fingerprint density at radius 3 is 2.52 bits per heavy atom. The molecule has 1 amide bonds. The monoisotopic (exact) mass is 318 g/mol. The van der Waals surface area contributed by atoms with Gasteiger partial charge in [-0.05, 0) is 50.1 Å². The van der Waals surface area contributed by atoms with E-state index in [1.807, 2.05) is 0 Å². The second kappa shape index (κ2) is 12.3. The van der Waals surface area contributed by atoms with Crippen molar-refractivity contribution in [2.45, 2.75) is 65.7 Å². The number of rotatable bonds is 9. The normalized spacial score (nSPS) is 18.6. The van der Waals surface area contributed by atoms with Crippen LogP contribution in [0.15, 0.2) is 0 Å². The fourth-order valence-corrected chi connectivity index (χ4v) is 3.15. The molecule has 3 nitrogen and oxygen atoms in total. The highest BCUT2D eigenvalue weighted by Crippen LogP contribution is 2.24. The van der Waals surface area contributed by atoms with Crippen molar-refractivity contribution >= 4 is 18.3 Å². The predicted molar refractivity (Wildman–Crippen MR) is 92.9 cm³/mol. The summed E-state index contributed by atoms with van der Waals surface area (Å²) in [5, 5.41) is 6.55. The molecular weight excluding hydrogens is 284 g/mol. The molecule has 2 unspecified atom stereocenters. The number of hydrogen-bond acceptors (Lipinski definition) is 2. The Kier molecular flexibility index (Phi) is 12.1. The van der Waals surface area contributed by atoms with Crippen molar-refractivity contribution in [3.05, 3.63) is 0 Å². The van der Waals surface area contributed by atoms with Gasteiger partial charge in [0.05, 0.1) is 0 Å². The van der Waals surface area contributed by atoms with Crippen LogP contribution in [-0.2, 0) is 4.79 Å². The fraction of sp³-hybridized carbons (Fsp3) is 0.941. The van der Waals surface area contributed by atoms with E-state index in [0.717, 1.165) is 25.6 Å². The van der Waals surface area contributed by atoms with Crippen LogP contribution in [0.5, 0.6) is 0 Å². The number of piperidine rings is 1. The molecule has 126 valence electrons. The molecule has 1 heterocycles. The molecule has 2 atom stereocenters. The number of carbonyl (C=O) groups is 1. The van der Waals surface area contributed by atoms with Crippen molar-refractivity contribution in [2.24, 2.45) is 17.8 Å². The molecule has 0 aliphatic carbocycles. The Balaban J connectivity index is 0.00000400. The van der Waals surface area contributed by atoms with Crippen molar-refractivity contribution in [1.82, 2.24) is 10.6 Å². The third-order valence-corrected chi connectivity index (χ3v) is 4.83. The third-order valence-electron chi connectivity index (χ3n) is 4.83. The van der Waals surface area contributed by atoms with Crippen LogP contribution < -0.4 is 10.6 Å². The molecule has 0 aromatic heterocycles. The molecule has 0 aromatic carbocycles. The highest BCUT2D eigenvalue weighted by molar-refractivity contribution is 5.85. The molecule has 0 bridgehead atoms. The van der Waals surface area contributed by atoms with Crippen LogP contribution in [0.3, 0.4) is 0 Å². The SMILES string of the molecule is CCCCC(CC)CNC(=O)CC(C)C1CCNCC1.Cl. The number of carbonyl (C=O) groups excluding carboxylic acids is 1. The van der Waals surface area contributed by atoms with Gasteiger partial charge in [0.2, 0.25) is 5.91 Å². The molecule has 1 aliphatic heterocycles. The topological polar surface area (TPSA) is 41.1 Å². The van der Waals surface area contributed by atoms with Crippen molar-refractivity contribution in [3.63, 3.8) is 0 Å². The summed E-state index contributed by atoms with van der Waals surface area (Å²) in [5.74, 6) is 2.16. The number of halogens is 1. The van der Waals surface area contributed by atoms with E-state index in [2.05, 4.69) is 31.4 Å². The Hall–Kier alpha value is -0.280. The maximum atomic E-state index is 12.1. The summed E-state index contributed by atoms with van der Waals surface area (Å²) in [6.45, 7) is 9.80. The maximum Gasteiger partial charge on any atom is 0.220 e. The molecule has 1 saturated heterocycles. The van der Waals surface area contributed by atoms with Gasteiger partial charge in [0.15, 0.2) is 0 Å². The molecule has 4 heteroatoms. The predicted octanol–water partition coefficient (Wildman–Crippen LogP) is 3.77. The zero-order valence-electron chi connectivity index (χ0n) is 14.1. The van der Waals surface area contributed by atoms with E-state index in [-0.39, 0.29) is 18.3 Å². The highest BCUT2D eigenvalue weighted by Gasteiger charge is 2.22. The number of hydrogen-bond donors (Lipinski definition) is 2. The molecule has 1 fully saturated rings. The van der Waals surface area contributed by atoms with Gasteiger partial charge in [-0.15, -0.1) is 12.4 Å². The largest absolute Gasteiger partial charge is 0.356 e. The van der Waals surface area contributed by atoms with E-state index in [1.165, 1.54) is 38.5 Å². The molecule has 2 N–H and O–H groups in total. The Bertz CT molecular complexity index is 268. The lowest BCUT2D eigenvalue weighted by Crippen LogP contribution is -2.34. The van der Waals surface area contributed by atoms with Crippen LogP contribution in [0.4, 0.5) is 0 Å². The zero-order chi connectivity index (χ0) is 14.8. The summed E-state index contributed by atoms with van der Waals surface area (Å²) in [7, 11) is 0. The first-order valence-electron chi connectivity index (χ1n) is 8.64. The van der Waals surface area contributed by atoms with E-state index >= 15 is 0 Å².